The predicted octanol–water partition coefficient (Wildman–Crippen LogP) is 4.03. The third kappa shape index (κ3) is 4.03. The van der Waals surface area contributed by atoms with Crippen molar-refractivity contribution in [2.45, 2.75) is 38.6 Å². The topological polar surface area (TPSA) is 30.5 Å². The number of nitrogens with one attached hydrogen (secondary N) is 1. The van der Waals surface area contributed by atoms with Crippen molar-refractivity contribution < 1.29 is 9.47 Å². The summed E-state index contributed by atoms with van der Waals surface area (Å²) in [6.07, 6.45) is 6.92. The maximum Gasteiger partial charge on any atom is 0.179 e. The fraction of sp³-hybridized carbons (Fsp3) is 0.625. The maximum atomic E-state index is 6.20. The zero-order valence-electron chi connectivity index (χ0n) is 12.4. The van der Waals surface area contributed by atoms with Crippen LogP contribution in [0.25, 0.3) is 0 Å². The van der Waals surface area contributed by atoms with Crippen molar-refractivity contribution in [3.8, 4) is 11.5 Å². The molecule has 0 heterocycles. The molecule has 1 saturated carbocycles. The highest BCUT2D eigenvalue weighted by atomic mass is 35.5. The lowest BCUT2D eigenvalue weighted by atomic mass is 10.0. The van der Waals surface area contributed by atoms with Gasteiger partial charge in [-0.25, -0.2) is 0 Å². The van der Waals surface area contributed by atoms with Crippen molar-refractivity contribution in [1.82, 2.24) is 5.32 Å². The lowest BCUT2D eigenvalue weighted by molar-refractivity contribution is 0.354. The molecule has 0 radical (unpaired) electrons. The molecule has 0 bridgehead atoms. The van der Waals surface area contributed by atoms with Gasteiger partial charge in [0.1, 0.15) is 0 Å². The highest BCUT2D eigenvalue weighted by Gasteiger charge is 2.14. The van der Waals surface area contributed by atoms with Gasteiger partial charge in [0.05, 0.1) is 19.2 Å². The van der Waals surface area contributed by atoms with E-state index in [1.807, 2.05) is 12.1 Å². The summed E-state index contributed by atoms with van der Waals surface area (Å²) in [6.45, 7) is 1.88. The molecule has 1 aromatic carbocycles. The minimum atomic E-state index is 0.597. The number of benzene rings is 1. The van der Waals surface area contributed by atoms with E-state index >= 15 is 0 Å². The second-order valence-corrected chi connectivity index (χ2v) is 5.84. The Morgan fingerprint density at radius 1 is 1.20 bits per heavy atom. The Morgan fingerprint density at radius 2 is 1.95 bits per heavy atom. The van der Waals surface area contributed by atoms with Crippen LogP contribution in [0.4, 0.5) is 0 Å². The molecule has 0 spiro atoms. The van der Waals surface area contributed by atoms with Crippen molar-refractivity contribution in [1.29, 1.82) is 0 Å². The summed E-state index contributed by atoms with van der Waals surface area (Å²) < 4.78 is 10.5. The minimum absolute atomic E-state index is 0.597. The molecule has 0 aromatic heterocycles. The Labute approximate surface area is 126 Å². The summed E-state index contributed by atoms with van der Waals surface area (Å²) in [4.78, 5) is 0. The highest BCUT2D eigenvalue weighted by Crippen LogP contribution is 2.36. The summed E-state index contributed by atoms with van der Waals surface area (Å²) in [6, 6.07) is 3.92. The Hall–Kier alpha value is -0.930. The molecule has 2 rings (SSSR count). The van der Waals surface area contributed by atoms with E-state index < -0.39 is 0 Å². The van der Waals surface area contributed by atoms with E-state index in [9.17, 15) is 0 Å². The van der Waals surface area contributed by atoms with E-state index in [-0.39, 0.29) is 0 Å². The molecule has 1 aliphatic carbocycles. The molecule has 20 heavy (non-hydrogen) atoms. The average molecular weight is 298 g/mol. The minimum Gasteiger partial charge on any atom is -0.493 e. The second-order valence-electron chi connectivity index (χ2n) is 5.43. The number of hydrogen-bond donors (Lipinski definition) is 1. The normalized spacial score (nSPS) is 15.6. The van der Waals surface area contributed by atoms with Gasteiger partial charge in [-0.15, -0.1) is 0 Å². The van der Waals surface area contributed by atoms with E-state index in [2.05, 4.69) is 5.32 Å². The Morgan fingerprint density at radius 3 is 2.60 bits per heavy atom. The van der Waals surface area contributed by atoms with Gasteiger partial charge in [0.15, 0.2) is 11.5 Å². The first-order valence-electron chi connectivity index (χ1n) is 7.35. The van der Waals surface area contributed by atoms with Crippen LogP contribution in [-0.2, 0) is 6.54 Å². The Kier molecular flexibility index (Phi) is 5.99. The van der Waals surface area contributed by atoms with E-state index in [1.165, 1.54) is 32.1 Å². The van der Waals surface area contributed by atoms with Crippen molar-refractivity contribution in [3.05, 3.63) is 22.7 Å². The molecule has 1 aromatic rings. The Bertz CT molecular complexity index is 431. The number of ether oxygens (including phenoxy) is 2. The molecular weight excluding hydrogens is 274 g/mol. The predicted molar refractivity (Wildman–Crippen MR) is 82.8 cm³/mol. The van der Waals surface area contributed by atoms with Gasteiger partial charge in [0.2, 0.25) is 0 Å². The van der Waals surface area contributed by atoms with Gasteiger partial charge in [-0.05, 0) is 36.6 Å². The zero-order chi connectivity index (χ0) is 14.4. The van der Waals surface area contributed by atoms with E-state index in [1.54, 1.807) is 14.2 Å². The quantitative estimate of drug-likeness (QED) is 0.771. The average Bonchev–Trinajstić information content (AvgIpc) is 2.96. The molecule has 0 amide bonds. The van der Waals surface area contributed by atoms with Gasteiger partial charge in [-0.3, -0.25) is 0 Å². The summed E-state index contributed by atoms with van der Waals surface area (Å²) in [5.41, 5.74) is 1.12. The maximum absolute atomic E-state index is 6.20. The van der Waals surface area contributed by atoms with Crippen molar-refractivity contribution >= 4 is 11.6 Å². The summed E-state index contributed by atoms with van der Waals surface area (Å²) >= 11 is 6.20. The van der Waals surface area contributed by atoms with Gasteiger partial charge in [-0.2, -0.15) is 0 Å². The number of hydrogen-bond acceptors (Lipinski definition) is 3. The largest absolute Gasteiger partial charge is 0.493 e. The summed E-state index contributed by atoms with van der Waals surface area (Å²) in [5, 5.41) is 4.09. The second kappa shape index (κ2) is 7.75. The van der Waals surface area contributed by atoms with E-state index in [0.29, 0.717) is 16.5 Å². The van der Waals surface area contributed by atoms with Crippen LogP contribution in [-0.4, -0.2) is 20.8 Å². The molecule has 1 fully saturated rings. The van der Waals surface area contributed by atoms with E-state index in [4.69, 9.17) is 21.1 Å². The lowest BCUT2D eigenvalue weighted by Gasteiger charge is -2.13. The van der Waals surface area contributed by atoms with Crippen LogP contribution < -0.4 is 14.8 Å². The van der Waals surface area contributed by atoms with Crippen LogP contribution >= 0.6 is 11.6 Å². The fourth-order valence-corrected chi connectivity index (χ4v) is 3.22. The summed E-state index contributed by atoms with van der Waals surface area (Å²) in [7, 11) is 3.23. The first-order chi connectivity index (χ1) is 9.74. The third-order valence-corrected chi connectivity index (χ3v) is 4.31. The molecule has 4 heteroatoms. The van der Waals surface area contributed by atoms with Crippen LogP contribution in [0.5, 0.6) is 11.5 Å². The van der Waals surface area contributed by atoms with Gasteiger partial charge >= 0.3 is 0 Å². The SMILES string of the molecule is COc1cc(CNCCC2CCCC2)cc(Cl)c1OC. The summed E-state index contributed by atoms with van der Waals surface area (Å²) in [5.74, 6) is 2.22. The van der Waals surface area contributed by atoms with E-state index in [0.717, 1.165) is 24.6 Å². The molecule has 0 saturated heterocycles. The number of rotatable bonds is 7. The number of halogens is 1. The van der Waals surface area contributed by atoms with Crippen molar-refractivity contribution in [2.75, 3.05) is 20.8 Å². The van der Waals surface area contributed by atoms with Gasteiger partial charge in [-0.1, -0.05) is 37.3 Å². The van der Waals surface area contributed by atoms with Crippen LogP contribution in [0.2, 0.25) is 5.02 Å². The molecule has 1 aliphatic rings. The molecule has 0 aliphatic heterocycles. The molecule has 112 valence electrons. The first kappa shape index (κ1) is 15.5. The first-order valence-corrected chi connectivity index (χ1v) is 7.73. The Balaban J connectivity index is 1.84. The van der Waals surface area contributed by atoms with Crippen LogP contribution in [0.3, 0.4) is 0 Å². The monoisotopic (exact) mass is 297 g/mol. The van der Waals surface area contributed by atoms with Gasteiger partial charge in [0, 0.05) is 6.54 Å². The zero-order valence-corrected chi connectivity index (χ0v) is 13.1. The van der Waals surface area contributed by atoms with Crippen LogP contribution in [0.1, 0.15) is 37.7 Å². The molecule has 0 atom stereocenters. The standard InChI is InChI=1S/C16H24ClNO2/c1-19-15-10-13(9-14(17)16(15)20-2)11-18-8-7-12-5-3-4-6-12/h9-10,12,18H,3-8,11H2,1-2H3. The molecule has 1 N–H and O–H groups in total. The number of methoxy groups -OCH3 is 2. The van der Waals surface area contributed by atoms with Crippen LogP contribution in [0, 0.1) is 5.92 Å². The smallest absolute Gasteiger partial charge is 0.179 e. The molecule has 3 nitrogen and oxygen atoms in total. The third-order valence-electron chi connectivity index (χ3n) is 4.03. The molecular formula is C16H24ClNO2. The van der Waals surface area contributed by atoms with Crippen molar-refractivity contribution in [3.63, 3.8) is 0 Å². The van der Waals surface area contributed by atoms with Gasteiger partial charge in [0.25, 0.3) is 0 Å². The molecule has 0 unspecified atom stereocenters. The van der Waals surface area contributed by atoms with Gasteiger partial charge < -0.3 is 14.8 Å². The lowest BCUT2D eigenvalue weighted by Crippen LogP contribution is -2.17. The fourth-order valence-electron chi connectivity index (χ4n) is 2.91. The van der Waals surface area contributed by atoms with Crippen molar-refractivity contribution in [2.24, 2.45) is 5.92 Å². The highest BCUT2D eigenvalue weighted by molar-refractivity contribution is 6.32. The van der Waals surface area contributed by atoms with Crippen LogP contribution in [0.15, 0.2) is 12.1 Å².